The zero-order chi connectivity index (χ0) is 9.64. The van der Waals surface area contributed by atoms with Crippen molar-refractivity contribution in [2.24, 2.45) is 0 Å². The molecular weight excluding hydrogens is 190 g/mol. The van der Waals surface area contributed by atoms with E-state index in [1.165, 1.54) is 30.7 Å². The zero-order valence-corrected chi connectivity index (χ0v) is 9.22. The van der Waals surface area contributed by atoms with Crippen molar-refractivity contribution in [1.82, 2.24) is 5.32 Å². The van der Waals surface area contributed by atoms with E-state index in [0.717, 1.165) is 11.8 Å². The minimum atomic E-state index is 0.767. The average molecular weight is 207 g/mol. The molecule has 14 heavy (non-hydrogen) atoms. The Balaban J connectivity index is 1.67. The smallest absolute Gasteiger partial charge is 0.0185 e. The molecule has 1 heterocycles. The molecule has 0 saturated carbocycles. The maximum Gasteiger partial charge on any atom is 0.0185 e. The summed E-state index contributed by atoms with van der Waals surface area (Å²) < 4.78 is 0. The van der Waals surface area contributed by atoms with Gasteiger partial charge in [-0.05, 0) is 24.9 Å². The Bertz CT molecular complexity index is 254. The largest absolute Gasteiger partial charge is 0.313 e. The van der Waals surface area contributed by atoms with Crippen LogP contribution >= 0.6 is 11.8 Å². The monoisotopic (exact) mass is 207 g/mol. The number of thioether (sulfide) groups is 1. The Hall–Kier alpha value is -0.470. The quantitative estimate of drug-likeness (QED) is 0.814. The highest BCUT2D eigenvalue weighted by atomic mass is 32.2. The highest BCUT2D eigenvalue weighted by Gasteiger charge is 2.12. The molecule has 0 radical (unpaired) electrons. The van der Waals surface area contributed by atoms with Gasteiger partial charge in [-0.3, -0.25) is 0 Å². The summed E-state index contributed by atoms with van der Waals surface area (Å²) in [4.78, 5) is 0. The molecule has 1 aromatic rings. The predicted molar refractivity (Wildman–Crippen MR) is 63.6 cm³/mol. The van der Waals surface area contributed by atoms with Crippen LogP contribution in [0.1, 0.15) is 18.4 Å². The fraction of sp³-hybridized carbons (Fsp3) is 0.500. The Morgan fingerprint density at radius 2 is 2.14 bits per heavy atom. The van der Waals surface area contributed by atoms with Crippen LogP contribution in [-0.2, 0) is 5.75 Å². The van der Waals surface area contributed by atoms with Crippen LogP contribution in [-0.4, -0.2) is 18.3 Å². The minimum absolute atomic E-state index is 0.767. The van der Waals surface area contributed by atoms with Gasteiger partial charge in [0, 0.05) is 17.5 Å². The molecule has 1 N–H and O–H groups in total. The van der Waals surface area contributed by atoms with Crippen molar-refractivity contribution in [2.75, 3.05) is 12.3 Å². The maximum absolute atomic E-state index is 3.52. The average Bonchev–Trinajstić information content (AvgIpc) is 2.72. The summed E-state index contributed by atoms with van der Waals surface area (Å²) in [6.07, 6.45) is 2.72. The molecule has 1 aromatic carbocycles. The highest BCUT2D eigenvalue weighted by Crippen LogP contribution is 2.16. The second-order valence-corrected chi connectivity index (χ2v) is 4.82. The van der Waals surface area contributed by atoms with Crippen LogP contribution in [0.3, 0.4) is 0 Å². The van der Waals surface area contributed by atoms with Gasteiger partial charge in [0.15, 0.2) is 0 Å². The van der Waals surface area contributed by atoms with Gasteiger partial charge in [-0.2, -0.15) is 11.8 Å². The van der Waals surface area contributed by atoms with E-state index in [9.17, 15) is 0 Å². The molecule has 2 heteroatoms. The number of hydrogen-bond donors (Lipinski definition) is 1. The molecule has 1 nitrogen and oxygen atoms in total. The molecular formula is C12H17NS. The van der Waals surface area contributed by atoms with Gasteiger partial charge in [0.05, 0.1) is 0 Å². The lowest BCUT2D eigenvalue weighted by Crippen LogP contribution is -2.23. The van der Waals surface area contributed by atoms with Crippen molar-refractivity contribution in [3.63, 3.8) is 0 Å². The molecule has 1 aliphatic rings. The van der Waals surface area contributed by atoms with E-state index in [1.807, 2.05) is 11.8 Å². The molecule has 0 spiro atoms. The van der Waals surface area contributed by atoms with Crippen molar-refractivity contribution in [3.8, 4) is 0 Å². The van der Waals surface area contributed by atoms with E-state index in [-0.39, 0.29) is 0 Å². The van der Waals surface area contributed by atoms with Gasteiger partial charge in [-0.25, -0.2) is 0 Å². The topological polar surface area (TPSA) is 12.0 Å². The molecule has 0 bridgehead atoms. The summed E-state index contributed by atoms with van der Waals surface area (Å²) in [5.74, 6) is 2.41. The van der Waals surface area contributed by atoms with Crippen molar-refractivity contribution in [3.05, 3.63) is 35.9 Å². The van der Waals surface area contributed by atoms with Gasteiger partial charge < -0.3 is 5.32 Å². The van der Waals surface area contributed by atoms with Crippen LogP contribution in [0.15, 0.2) is 30.3 Å². The first kappa shape index (κ1) is 10.1. The van der Waals surface area contributed by atoms with Gasteiger partial charge in [-0.15, -0.1) is 0 Å². The lowest BCUT2D eigenvalue weighted by atomic mass is 10.2. The molecule has 1 saturated heterocycles. The number of benzene rings is 1. The molecule has 0 amide bonds. The van der Waals surface area contributed by atoms with E-state index in [1.54, 1.807) is 0 Å². The molecule has 1 atom stereocenters. The number of nitrogens with one attached hydrogen (secondary N) is 1. The van der Waals surface area contributed by atoms with Crippen molar-refractivity contribution in [2.45, 2.75) is 24.6 Å². The first-order valence-electron chi connectivity index (χ1n) is 5.30. The fourth-order valence-electron chi connectivity index (χ4n) is 1.79. The lowest BCUT2D eigenvalue weighted by Gasteiger charge is -2.08. The predicted octanol–water partition coefficient (Wildman–Crippen LogP) is 2.67. The standard InChI is InChI=1S/C12H17NS/c1-2-5-11(6-3-1)9-14-10-12-7-4-8-13-12/h1-3,5-6,12-13H,4,7-10H2/t12-/m1/s1. The summed E-state index contributed by atoms with van der Waals surface area (Å²) in [5.41, 5.74) is 1.44. The lowest BCUT2D eigenvalue weighted by molar-refractivity contribution is 0.674. The van der Waals surface area contributed by atoms with Crippen molar-refractivity contribution in [1.29, 1.82) is 0 Å². The van der Waals surface area contributed by atoms with Crippen molar-refractivity contribution >= 4 is 11.8 Å². The van der Waals surface area contributed by atoms with Crippen molar-refractivity contribution < 1.29 is 0 Å². The summed E-state index contributed by atoms with van der Waals surface area (Å²) in [7, 11) is 0. The molecule has 1 aliphatic heterocycles. The van der Waals surface area contributed by atoms with Gasteiger partial charge in [0.1, 0.15) is 0 Å². The Morgan fingerprint density at radius 1 is 1.29 bits per heavy atom. The first-order chi connectivity index (χ1) is 6.95. The third-order valence-electron chi connectivity index (χ3n) is 2.59. The van der Waals surface area contributed by atoms with Gasteiger partial charge >= 0.3 is 0 Å². The molecule has 76 valence electrons. The summed E-state index contributed by atoms with van der Waals surface area (Å²) in [6, 6.07) is 11.5. The second-order valence-electron chi connectivity index (χ2n) is 3.79. The van der Waals surface area contributed by atoms with E-state index in [4.69, 9.17) is 0 Å². The second kappa shape index (κ2) is 5.42. The third kappa shape index (κ3) is 3.03. The van der Waals surface area contributed by atoms with E-state index in [0.29, 0.717) is 0 Å². The van der Waals surface area contributed by atoms with Crippen LogP contribution in [0.5, 0.6) is 0 Å². The Morgan fingerprint density at radius 3 is 2.86 bits per heavy atom. The van der Waals surface area contributed by atoms with Gasteiger partial charge in [0.2, 0.25) is 0 Å². The van der Waals surface area contributed by atoms with Gasteiger partial charge in [-0.1, -0.05) is 30.3 Å². The van der Waals surface area contributed by atoms with Crippen LogP contribution in [0.25, 0.3) is 0 Å². The maximum atomic E-state index is 3.52. The van der Waals surface area contributed by atoms with E-state index in [2.05, 4.69) is 35.6 Å². The summed E-state index contributed by atoms with van der Waals surface area (Å²) in [6.45, 7) is 1.22. The van der Waals surface area contributed by atoms with Crippen LogP contribution in [0.4, 0.5) is 0 Å². The van der Waals surface area contributed by atoms with E-state index < -0.39 is 0 Å². The summed E-state index contributed by atoms with van der Waals surface area (Å²) >= 11 is 2.04. The first-order valence-corrected chi connectivity index (χ1v) is 6.46. The number of rotatable bonds is 4. The normalized spacial score (nSPS) is 21.3. The molecule has 2 rings (SSSR count). The van der Waals surface area contributed by atoms with Crippen LogP contribution in [0, 0.1) is 0 Å². The van der Waals surface area contributed by atoms with Crippen LogP contribution in [0.2, 0.25) is 0 Å². The fourth-order valence-corrected chi connectivity index (χ4v) is 2.91. The zero-order valence-electron chi connectivity index (χ0n) is 8.41. The molecule has 0 aromatic heterocycles. The minimum Gasteiger partial charge on any atom is -0.313 e. The van der Waals surface area contributed by atoms with Gasteiger partial charge in [0.25, 0.3) is 0 Å². The van der Waals surface area contributed by atoms with Crippen LogP contribution < -0.4 is 5.32 Å². The Labute approximate surface area is 90.3 Å². The molecule has 0 aliphatic carbocycles. The number of hydrogen-bond acceptors (Lipinski definition) is 2. The summed E-state index contributed by atoms with van der Waals surface area (Å²) in [5, 5.41) is 3.52. The van der Waals surface area contributed by atoms with E-state index >= 15 is 0 Å². The molecule has 0 unspecified atom stereocenters. The third-order valence-corrected chi connectivity index (χ3v) is 3.77. The molecule has 1 fully saturated rings. The highest BCUT2D eigenvalue weighted by molar-refractivity contribution is 7.98. The Kier molecular flexibility index (Phi) is 3.90. The SMILES string of the molecule is c1ccc(CSC[C@H]2CCCN2)cc1.